The Morgan fingerprint density at radius 1 is 1.17 bits per heavy atom. The highest BCUT2D eigenvalue weighted by atomic mass is 32.1. The molecule has 4 rings (SSSR count). The Balaban J connectivity index is 1.63. The van der Waals surface area contributed by atoms with E-state index in [9.17, 15) is 9.59 Å². The molecule has 3 nitrogen and oxygen atoms in total. The van der Waals surface area contributed by atoms with Crippen LogP contribution in [0.3, 0.4) is 0 Å². The third kappa shape index (κ3) is 1.30. The Hall–Kier alpha value is -1.16. The minimum Gasteiger partial charge on any atom is -0.277 e. The third-order valence-electron chi connectivity index (χ3n) is 4.91. The van der Waals surface area contributed by atoms with E-state index in [1.807, 2.05) is 17.5 Å². The summed E-state index contributed by atoms with van der Waals surface area (Å²) >= 11 is 1.61. The molecule has 3 fully saturated rings. The monoisotopic (exact) mass is 261 g/mol. The zero-order valence-corrected chi connectivity index (χ0v) is 10.9. The standard InChI is InChI=1S/C14H15NO2S/c16-13-11-8-3-4-9(6-8)12(11)14(17)15(13)7-10-2-1-5-18-10/h1-2,5,8-9,11-12H,3-4,6-7H2. The van der Waals surface area contributed by atoms with Crippen LogP contribution < -0.4 is 0 Å². The zero-order valence-electron chi connectivity index (χ0n) is 10.0. The van der Waals surface area contributed by atoms with Crippen LogP contribution in [0.1, 0.15) is 24.1 Å². The largest absolute Gasteiger partial charge is 0.277 e. The van der Waals surface area contributed by atoms with Gasteiger partial charge in [0.2, 0.25) is 11.8 Å². The molecule has 2 heterocycles. The van der Waals surface area contributed by atoms with E-state index in [-0.39, 0.29) is 23.7 Å². The van der Waals surface area contributed by atoms with Crippen LogP contribution in [0.25, 0.3) is 0 Å². The lowest BCUT2D eigenvalue weighted by Crippen LogP contribution is -2.31. The maximum absolute atomic E-state index is 12.4. The summed E-state index contributed by atoms with van der Waals surface area (Å²) in [5.74, 6) is 1.23. The van der Waals surface area contributed by atoms with Gasteiger partial charge in [0.1, 0.15) is 0 Å². The smallest absolute Gasteiger partial charge is 0.233 e. The number of rotatable bonds is 2. The number of carbonyl (C=O) groups excluding carboxylic acids is 2. The van der Waals surface area contributed by atoms with Gasteiger partial charge in [-0.3, -0.25) is 14.5 Å². The summed E-state index contributed by atoms with van der Waals surface area (Å²) < 4.78 is 0. The van der Waals surface area contributed by atoms with Crippen LogP contribution in [0.5, 0.6) is 0 Å². The summed E-state index contributed by atoms with van der Waals surface area (Å²) in [4.78, 5) is 27.5. The van der Waals surface area contributed by atoms with Crippen molar-refractivity contribution >= 4 is 23.2 Å². The molecule has 2 aliphatic carbocycles. The lowest BCUT2D eigenvalue weighted by Gasteiger charge is -2.19. The first-order chi connectivity index (χ1) is 8.75. The first-order valence-electron chi connectivity index (χ1n) is 6.63. The van der Waals surface area contributed by atoms with Crippen molar-refractivity contribution in [2.24, 2.45) is 23.7 Å². The van der Waals surface area contributed by atoms with Gasteiger partial charge in [0.25, 0.3) is 0 Å². The molecule has 2 bridgehead atoms. The number of hydrogen-bond acceptors (Lipinski definition) is 3. The SMILES string of the molecule is O=C1C2C3CCC(C3)C2C(=O)N1Cc1cccs1. The molecule has 1 aromatic rings. The summed E-state index contributed by atoms with van der Waals surface area (Å²) in [7, 11) is 0. The van der Waals surface area contributed by atoms with Gasteiger partial charge in [0, 0.05) is 4.88 Å². The average molecular weight is 261 g/mol. The van der Waals surface area contributed by atoms with Crippen molar-refractivity contribution in [2.45, 2.75) is 25.8 Å². The highest BCUT2D eigenvalue weighted by Gasteiger charge is 2.60. The predicted molar refractivity (Wildman–Crippen MR) is 67.7 cm³/mol. The first kappa shape index (κ1) is 10.7. The van der Waals surface area contributed by atoms with Crippen molar-refractivity contribution in [3.8, 4) is 0 Å². The lowest BCUT2D eigenvalue weighted by molar-refractivity contribution is -0.141. The van der Waals surface area contributed by atoms with Gasteiger partial charge in [0.15, 0.2) is 0 Å². The summed E-state index contributed by atoms with van der Waals surface area (Å²) in [6.07, 6.45) is 3.41. The Labute approximate surface area is 110 Å². The van der Waals surface area contributed by atoms with E-state index < -0.39 is 0 Å². The Morgan fingerprint density at radius 2 is 1.83 bits per heavy atom. The van der Waals surface area contributed by atoms with Crippen LogP contribution >= 0.6 is 11.3 Å². The molecule has 1 aliphatic heterocycles. The molecular formula is C14H15NO2S. The van der Waals surface area contributed by atoms with Gasteiger partial charge in [-0.05, 0) is 42.5 Å². The van der Waals surface area contributed by atoms with Crippen molar-refractivity contribution in [2.75, 3.05) is 0 Å². The number of thiophene rings is 1. The normalized spacial score (nSPS) is 37.7. The molecule has 3 aliphatic rings. The Bertz CT molecular complexity index is 482. The van der Waals surface area contributed by atoms with Gasteiger partial charge in [-0.1, -0.05) is 6.07 Å². The second-order valence-corrected chi connectivity index (χ2v) is 6.76. The number of imide groups is 1. The van der Waals surface area contributed by atoms with E-state index in [2.05, 4.69) is 0 Å². The number of likely N-dealkylation sites (tertiary alicyclic amines) is 1. The number of nitrogens with zero attached hydrogens (tertiary/aromatic N) is 1. The lowest BCUT2D eigenvalue weighted by atomic mass is 9.81. The van der Waals surface area contributed by atoms with E-state index >= 15 is 0 Å². The number of amides is 2. The number of carbonyl (C=O) groups is 2. The minimum atomic E-state index is 0.0243. The van der Waals surface area contributed by atoms with Crippen molar-refractivity contribution in [1.82, 2.24) is 4.90 Å². The van der Waals surface area contributed by atoms with Crippen LogP contribution in [-0.4, -0.2) is 16.7 Å². The number of fused-ring (bicyclic) bond motifs is 5. The van der Waals surface area contributed by atoms with Gasteiger partial charge >= 0.3 is 0 Å². The van der Waals surface area contributed by atoms with Crippen molar-refractivity contribution in [3.63, 3.8) is 0 Å². The summed E-state index contributed by atoms with van der Waals surface area (Å²) in [6, 6.07) is 3.96. The fraction of sp³-hybridized carbons (Fsp3) is 0.571. The first-order valence-corrected chi connectivity index (χ1v) is 7.51. The molecule has 0 aromatic carbocycles. The molecule has 4 atom stereocenters. The minimum absolute atomic E-state index is 0.0243. The summed E-state index contributed by atoms with van der Waals surface area (Å²) in [5, 5.41) is 1.99. The van der Waals surface area contributed by atoms with E-state index in [1.165, 1.54) is 4.90 Å². The van der Waals surface area contributed by atoms with Gasteiger partial charge in [-0.25, -0.2) is 0 Å². The highest BCUT2D eigenvalue weighted by molar-refractivity contribution is 7.09. The van der Waals surface area contributed by atoms with E-state index in [4.69, 9.17) is 0 Å². The molecule has 4 unspecified atom stereocenters. The quantitative estimate of drug-likeness (QED) is 0.766. The van der Waals surface area contributed by atoms with Crippen LogP contribution in [0, 0.1) is 23.7 Å². The van der Waals surface area contributed by atoms with Crippen LogP contribution in [-0.2, 0) is 16.1 Å². The molecule has 0 spiro atoms. The summed E-state index contributed by atoms with van der Waals surface area (Å²) in [6.45, 7) is 0.488. The molecule has 1 aromatic heterocycles. The van der Waals surface area contributed by atoms with Crippen LogP contribution in [0.2, 0.25) is 0 Å². The van der Waals surface area contributed by atoms with Gasteiger partial charge in [-0.2, -0.15) is 0 Å². The van der Waals surface area contributed by atoms with E-state index in [0.29, 0.717) is 18.4 Å². The maximum atomic E-state index is 12.4. The van der Waals surface area contributed by atoms with Crippen molar-refractivity contribution in [1.29, 1.82) is 0 Å². The second-order valence-electron chi connectivity index (χ2n) is 5.73. The highest BCUT2D eigenvalue weighted by Crippen LogP contribution is 2.56. The van der Waals surface area contributed by atoms with Gasteiger partial charge < -0.3 is 0 Å². The zero-order chi connectivity index (χ0) is 12.3. The van der Waals surface area contributed by atoms with E-state index in [0.717, 1.165) is 24.1 Å². The molecule has 4 heteroatoms. The summed E-state index contributed by atoms with van der Waals surface area (Å²) in [5.41, 5.74) is 0. The molecule has 0 N–H and O–H groups in total. The maximum Gasteiger partial charge on any atom is 0.233 e. The second kappa shape index (κ2) is 3.67. The van der Waals surface area contributed by atoms with E-state index in [1.54, 1.807) is 11.3 Å². The fourth-order valence-electron chi connectivity index (χ4n) is 4.18. The fourth-order valence-corrected chi connectivity index (χ4v) is 4.88. The molecule has 2 amide bonds. The number of hydrogen-bond donors (Lipinski definition) is 0. The predicted octanol–water partition coefficient (Wildman–Crippen LogP) is 2.28. The van der Waals surface area contributed by atoms with Gasteiger partial charge in [-0.15, -0.1) is 11.3 Å². The Morgan fingerprint density at radius 3 is 2.39 bits per heavy atom. The third-order valence-corrected chi connectivity index (χ3v) is 5.77. The van der Waals surface area contributed by atoms with Crippen molar-refractivity contribution in [3.05, 3.63) is 22.4 Å². The topological polar surface area (TPSA) is 37.4 Å². The molecule has 1 saturated heterocycles. The molecule has 94 valence electrons. The van der Waals surface area contributed by atoms with Crippen LogP contribution in [0.15, 0.2) is 17.5 Å². The van der Waals surface area contributed by atoms with Crippen molar-refractivity contribution < 1.29 is 9.59 Å². The Kier molecular flexibility index (Phi) is 2.19. The molecule has 18 heavy (non-hydrogen) atoms. The van der Waals surface area contributed by atoms with Crippen LogP contribution in [0.4, 0.5) is 0 Å². The molecule has 2 saturated carbocycles. The average Bonchev–Trinajstić information content (AvgIpc) is 3.10. The molecular weight excluding hydrogens is 246 g/mol. The van der Waals surface area contributed by atoms with Gasteiger partial charge in [0.05, 0.1) is 18.4 Å². The molecule has 0 radical (unpaired) electrons.